The van der Waals surface area contributed by atoms with Gasteiger partial charge in [0.2, 0.25) is 0 Å². The van der Waals surface area contributed by atoms with Gasteiger partial charge < -0.3 is 9.47 Å². The van der Waals surface area contributed by atoms with E-state index in [0.717, 1.165) is 23.1 Å². The van der Waals surface area contributed by atoms with Crippen molar-refractivity contribution in [2.45, 2.75) is 25.3 Å². The van der Waals surface area contributed by atoms with Crippen molar-refractivity contribution in [2.75, 3.05) is 13.2 Å². The molecule has 5 nitrogen and oxygen atoms in total. The first-order valence-corrected chi connectivity index (χ1v) is 9.15. The molecule has 0 aliphatic heterocycles. The largest absolute Gasteiger partial charge is 0.492 e. The lowest BCUT2D eigenvalue weighted by Crippen LogP contribution is -2.25. The number of nitrogens with zero attached hydrogens (tertiary/aromatic N) is 2. The van der Waals surface area contributed by atoms with Crippen molar-refractivity contribution in [2.24, 2.45) is 0 Å². The Morgan fingerprint density at radius 2 is 1.92 bits per heavy atom. The van der Waals surface area contributed by atoms with Gasteiger partial charge >= 0.3 is 0 Å². The highest BCUT2D eigenvalue weighted by Crippen LogP contribution is 2.15. The Bertz CT molecular complexity index is 909. The second-order valence-corrected chi connectivity index (χ2v) is 6.44. The van der Waals surface area contributed by atoms with Gasteiger partial charge in [-0.05, 0) is 30.7 Å². The molecule has 0 fully saturated rings. The second kappa shape index (κ2) is 8.87. The van der Waals surface area contributed by atoms with Crippen molar-refractivity contribution in [1.29, 1.82) is 0 Å². The molecule has 3 aromatic rings. The summed E-state index contributed by atoms with van der Waals surface area (Å²) in [6, 6.07) is 15.3. The summed E-state index contributed by atoms with van der Waals surface area (Å²) in [6.07, 6.45) is 2.45. The highest BCUT2D eigenvalue weighted by Gasteiger charge is 2.05. The van der Waals surface area contributed by atoms with Crippen molar-refractivity contribution in [1.82, 2.24) is 9.78 Å². The smallest absolute Gasteiger partial charge is 0.274 e. The molecule has 136 valence electrons. The van der Waals surface area contributed by atoms with Gasteiger partial charge in [-0.1, -0.05) is 30.3 Å². The Morgan fingerprint density at radius 1 is 1.15 bits per heavy atom. The summed E-state index contributed by atoms with van der Waals surface area (Å²) < 4.78 is 12.6. The zero-order valence-corrected chi connectivity index (χ0v) is 15.6. The average molecular weight is 370 g/mol. The van der Waals surface area contributed by atoms with E-state index in [4.69, 9.17) is 9.47 Å². The molecule has 2 aromatic carbocycles. The number of hydrogen-bond donors (Lipinski definition) is 1. The summed E-state index contributed by atoms with van der Waals surface area (Å²) in [5.74, 6) is 0.759. The van der Waals surface area contributed by atoms with Gasteiger partial charge in [-0.3, -0.25) is 4.79 Å². The van der Waals surface area contributed by atoms with Crippen LogP contribution in [0.2, 0.25) is 0 Å². The zero-order chi connectivity index (χ0) is 18.4. The lowest BCUT2D eigenvalue weighted by Gasteiger charge is -2.12. The summed E-state index contributed by atoms with van der Waals surface area (Å²) in [6.45, 7) is 3.38. The van der Waals surface area contributed by atoms with Gasteiger partial charge in [-0.25, -0.2) is 4.68 Å². The fraction of sp³-hybridized carbons (Fsp3) is 0.300. The molecule has 1 heterocycles. The quantitative estimate of drug-likeness (QED) is 0.488. The molecule has 0 aliphatic rings. The maximum Gasteiger partial charge on any atom is 0.274 e. The van der Waals surface area contributed by atoms with Crippen LogP contribution in [0.4, 0.5) is 0 Å². The van der Waals surface area contributed by atoms with E-state index in [1.54, 1.807) is 6.20 Å². The van der Waals surface area contributed by atoms with Crippen LogP contribution < -0.4 is 10.3 Å². The van der Waals surface area contributed by atoms with Crippen LogP contribution in [-0.4, -0.2) is 28.4 Å². The number of hydrogen-bond acceptors (Lipinski definition) is 5. The van der Waals surface area contributed by atoms with Crippen LogP contribution >= 0.6 is 12.6 Å². The van der Waals surface area contributed by atoms with Crippen LogP contribution in [-0.2, 0) is 17.7 Å². The van der Waals surface area contributed by atoms with Gasteiger partial charge in [0, 0.05) is 18.4 Å². The van der Waals surface area contributed by atoms with Crippen LogP contribution in [0, 0.1) is 0 Å². The Morgan fingerprint density at radius 3 is 2.69 bits per heavy atom. The number of ether oxygens (including phenoxy) is 2. The van der Waals surface area contributed by atoms with Crippen molar-refractivity contribution in [3.05, 3.63) is 70.6 Å². The molecule has 0 saturated heterocycles. The summed E-state index contributed by atoms with van der Waals surface area (Å²) in [7, 11) is 0. The summed E-state index contributed by atoms with van der Waals surface area (Å²) in [5, 5.41) is 5.72. The predicted molar refractivity (Wildman–Crippen MR) is 106 cm³/mol. The van der Waals surface area contributed by atoms with Crippen LogP contribution in [0.15, 0.2) is 59.5 Å². The molecular weight excluding hydrogens is 348 g/mol. The normalized spacial score (nSPS) is 12.2. The lowest BCUT2D eigenvalue weighted by atomic mass is 10.1. The van der Waals surface area contributed by atoms with Gasteiger partial charge in [0.15, 0.2) is 0 Å². The Labute approximate surface area is 158 Å². The first-order valence-electron chi connectivity index (χ1n) is 8.63. The van der Waals surface area contributed by atoms with E-state index in [1.165, 1.54) is 4.68 Å². The Hall–Kier alpha value is -2.31. The Balaban J connectivity index is 1.57. The lowest BCUT2D eigenvalue weighted by molar-refractivity contribution is 0.127. The van der Waals surface area contributed by atoms with Crippen molar-refractivity contribution in [3.8, 4) is 5.75 Å². The third-order valence-corrected chi connectivity index (χ3v) is 4.36. The fourth-order valence-electron chi connectivity index (χ4n) is 2.71. The SMILES string of the molecule is CCOC(S)Cc1ccc(OCCn2ncc3ccccc3c2=O)cc1. The van der Waals surface area contributed by atoms with Crippen molar-refractivity contribution in [3.63, 3.8) is 0 Å². The molecule has 1 atom stereocenters. The molecule has 0 saturated carbocycles. The van der Waals surface area contributed by atoms with Crippen molar-refractivity contribution < 1.29 is 9.47 Å². The van der Waals surface area contributed by atoms with Crippen molar-refractivity contribution >= 4 is 23.4 Å². The van der Waals surface area contributed by atoms with E-state index in [9.17, 15) is 4.79 Å². The molecule has 26 heavy (non-hydrogen) atoms. The van der Waals surface area contributed by atoms with Gasteiger partial charge in [0.1, 0.15) is 17.8 Å². The van der Waals surface area contributed by atoms with Gasteiger partial charge in [0.25, 0.3) is 5.56 Å². The van der Waals surface area contributed by atoms with Crippen LogP contribution in [0.5, 0.6) is 5.75 Å². The first-order chi connectivity index (χ1) is 12.7. The number of benzene rings is 2. The van der Waals surface area contributed by atoms with E-state index in [2.05, 4.69) is 17.7 Å². The fourth-order valence-corrected chi connectivity index (χ4v) is 3.07. The van der Waals surface area contributed by atoms with E-state index in [0.29, 0.717) is 25.1 Å². The van der Waals surface area contributed by atoms with Crippen LogP contribution in [0.25, 0.3) is 10.8 Å². The highest BCUT2D eigenvalue weighted by atomic mass is 32.1. The summed E-state index contributed by atoms with van der Waals surface area (Å²) >= 11 is 4.39. The topological polar surface area (TPSA) is 53.4 Å². The standard InChI is InChI=1S/C20H22N2O3S/c1-2-24-19(26)13-15-7-9-17(10-8-15)25-12-11-22-20(23)18-6-4-3-5-16(18)14-21-22/h3-10,14,19,26H,2,11-13H2,1H3. The van der Waals surface area contributed by atoms with Gasteiger partial charge in [-0.15, -0.1) is 12.6 Å². The minimum Gasteiger partial charge on any atom is -0.492 e. The number of rotatable bonds is 8. The molecule has 1 unspecified atom stereocenters. The minimum atomic E-state index is -0.0994. The summed E-state index contributed by atoms with van der Waals surface area (Å²) in [5.41, 5.74) is 0.939. The monoisotopic (exact) mass is 370 g/mol. The number of aromatic nitrogens is 2. The number of fused-ring (bicyclic) bond motifs is 1. The molecule has 0 N–H and O–H groups in total. The molecule has 0 amide bonds. The van der Waals surface area contributed by atoms with E-state index in [-0.39, 0.29) is 11.0 Å². The average Bonchev–Trinajstić information content (AvgIpc) is 2.65. The predicted octanol–water partition coefficient (Wildman–Crippen LogP) is 3.31. The molecule has 0 aliphatic carbocycles. The molecule has 0 spiro atoms. The maximum atomic E-state index is 12.4. The molecule has 1 aromatic heterocycles. The van der Waals surface area contributed by atoms with E-state index < -0.39 is 0 Å². The molecule has 6 heteroatoms. The molecular formula is C20H22N2O3S. The molecule has 0 bridgehead atoms. The summed E-state index contributed by atoms with van der Waals surface area (Å²) in [4.78, 5) is 12.4. The molecule has 3 rings (SSSR count). The third kappa shape index (κ3) is 4.65. The van der Waals surface area contributed by atoms with Gasteiger partial charge in [0.05, 0.1) is 18.1 Å². The van der Waals surface area contributed by atoms with E-state index in [1.807, 2.05) is 55.5 Å². The Kier molecular flexibility index (Phi) is 6.30. The zero-order valence-electron chi connectivity index (χ0n) is 14.7. The maximum absolute atomic E-state index is 12.4. The van der Waals surface area contributed by atoms with Gasteiger partial charge in [-0.2, -0.15) is 5.10 Å². The second-order valence-electron chi connectivity index (χ2n) is 5.87. The highest BCUT2D eigenvalue weighted by molar-refractivity contribution is 7.80. The first kappa shape index (κ1) is 18.5. The van der Waals surface area contributed by atoms with Crippen LogP contribution in [0.3, 0.4) is 0 Å². The van der Waals surface area contributed by atoms with Crippen LogP contribution in [0.1, 0.15) is 12.5 Å². The van der Waals surface area contributed by atoms with E-state index >= 15 is 0 Å². The minimum absolute atomic E-state index is 0.0993. The molecule has 0 radical (unpaired) electrons. The number of thiol groups is 1. The third-order valence-electron chi connectivity index (χ3n) is 4.03.